The third-order valence-electron chi connectivity index (χ3n) is 6.53. The van der Waals surface area contributed by atoms with E-state index in [1.54, 1.807) is 12.3 Å². The van der Waals surface area contributed by atoms with Crippen molar-refractivity contribution in [3.63, 3.8) is 0 Å². The van der Waals surface area contributed by atoms with Crippen molar-refractivity contribution < 1.29 is 9.53 Å². The number of carbonyl (C=O) groups excluding carboxylic acids is 1. The number of benzene rings is 2. The minimum atomic E-state index is -0.111. The zero-order valence-electron chi connectivity index (χ0n) is 23.2. The molecule has 1 unspecified atom stereocenters. The molecule has 1 aliphatic rings. The Morgan fingerprint density at radius 3 is 2.39 bits per heavy atom. The highest BCUT2D eigenvalue weighted by molar-refractivity contribution is 6.34. The topological polar surface area (TPSA) is 54.5 Å². The number of allylic oxidation sites excluding steroid dienone is 1. The lowest BCUT2D eigenvalue weighted by atomic mass is 9.97. The maximum atomic E-state index is 13.3. The van der Waals surface area contributed by atoms with Crippen LogP contribution in [0.4, 0.5) is 5.69 Å². The van der Waals surface area contributed by atoms with Crippen LogP contribution in [0.5, 0.6) is 5.75 Å². The van der Waals surface area contributed by atoms with Crippen LogP contribution in [-0.4, -0.2) is 31.6 Å². The van der Waals surface area contributed by atoms with Gasteiger partial charge in [0.1, 0.15) is 5.75 Å². The van der Waals surface area contributed by atoms with E-state index < -0.39 is 0 Å². The lowest BCUT2D eigenvalue weighted by Gasteiger charge is -2.28. The van der Waals surface area contributed by atoms with Crippen LogP contribution in [0.1, 0.15) is 66.0 Å². The molecule has 3 aromatic rings. The monoisotopic (exact) mass is 553 g/mol. The minimum Gasteiger partial charge on any atom is -0.493 e. The van der Waals surface area contributed by atoms with Gasteiger partial charge in [-0.3, -0.25) is 9.78 Å². The number of amides is 1. The van der Waals surface area contributed by atoms with E-state index in [0.29, 0.717) is 28.1 Å². The summed E-state index contributed by atoms with van der Waals surface area (Å²) in [5.74, 6) is 1.16. The number of ether oxygens (including phenoxy) is 1. The zero-order valence-corrected chi connectivity index (χ0v) is 24.7. The molecule has 7 heteroatoms. The quantitative estimate of drug-likeness (QED) is 0.347. The van der Waals surface area contributed by atoms with Gasteiger partial charge in [-0.05, 0) is 56.5 Å². The maximum absolute atomic E-state index is 13.3. The Labute approximate surface area is 236 Å². The second-order valence-corrected chi connectivity index (χ2v) is 11.0. The van der Waals surface area contributed by atoms with E-state index >= 15 is 0 Å². The van der Waals surface area contributed by atoms with Gasteiger partial charge in [0.15, 0.2) is 0 Å². The van der Waals surface area contributed by atoms with E-state index in [4.69, 9.17) is 27.9 Å². The molecular formula is C31H37Cl2N3O2. The normalized spacial score (nSPS) is 14.7. The highest BCUT2D eigenvalue weighted by Gasteiger charge is 2.26. The molecule has 1 amide bonds. The Bertz CT molecular complexity index is 1270. The number of anilines is 1. The fourth-order valence-electron chi connectivity index (χ4n) is 4.24. The molecule has 4 rings (SSSR count). The molecule has 0 radical (unpaired) electrons. The Kier molecular flexibility index (Phi) is 10.2. The van der Waals surface area contributed by atoms with E-state index in [9.17, 15) is 4.79 Å². The van der Waals surface area contributed by atoms with Crippen LogP contribution < -0.4 is 15.0 Å². The Morgan fingerprint density at radius 1 is 1.13 bits per heavy atom. The van der Waals surface area contributed by atoms with Gasteiger partial charge in [0.2, 0.25) is 0 Å². The standard InChI is InChI=1S/C24H31N3O2.C7H6Cl2/c1-15(2)16(3)13-19-17(4)25-14-20(23(19)27(5)6)24(28)26-21-11-12-29-22-10-8-7-9-18(21)22;1-5-2-6(8)4-7(9)3-5/h7-10,13-15,21H,11-12H2,1-6H3,(H,26,28);2-4H,1H3/b16-13-;. The average molecular weight is 555 g/mol. The molecule has 1 aromatic heterocycles. The largest absolute Gasteiger partial charge is 0.493 e. The molecule has 1 aliphatic heterocycles. The molecule has 202 valence electrons. The van der Waals surface area contributed by atoms with Crippen LogP contribution in [0, 0.1) is 19.8 Å². The summed E-state index contributed by atoms with van der Waals surface area (Å²) in [5.41, 5.74) is 6.78. The molecule has 1 N–H and O–H groups in total. The lowest BCUT2D eigenvalue weighted by Crippen LogP contribution is -2.33. The summed E-state index contributed by atoms with van der Waals surface area (Å²) in [4.78, 5) is 19.8. The van der Waals surface area contributed by atoms with Crippen LogP contribution in [0.25, 0.3) is 6.08 Å². The molecule has 0 aliphatic carbocycles. The highest BCUT2D eigenvalue weighted by atomic mass is 35.5. The van der Waals surface area contributed by atoms with Crippen molar-refractivity contribution in [3.05, 3.63) is 92.2 Å². The van der Waals surface area contributed by atoms with Crippen molar-refractivity contribution in [2.75, 3.05) is 25.6 Å². The van der Waals surface area contributed by atoms with Crippen molar-refractivity contribution in [2.45, 2.75) is 47.1 Å². The summed E-state index contributed by atoms with van der Waals surface area (Å²) in [6, 6.07) is 13.3. The van der Waals surface area contributed by atoms with Crippen molar-refractivity contribution >= 4 is 40.9 Å². The number of aromatic nitrogens is 1. The van der Waals surface area contributed by atoms with Crippen LogP contribution >= 0.6 is 23.2 Å². The summed E-state index contributed by atoms with van der Waals surface area (Å²) >= 11 is 11.3. The van der Waals surface area contributed by atoms with Gasteiger partial charge in [0.25, 0.3) is 5.91 Å². The zero-order chi connectivity index (χ0) is 28.0. The third kappa shape index (κ3) is 7.52. The number of halogens is 2. The smallest absolute Gasteiger partial charge is 0.255 e. The SMILES string of the molecule is C/C(=C/c1c(C)ncc(C(=O)NC2CCOc3ccccc32)c1N(C)C)C(C)C.Cc1cc(Cl)cc(Cl)c1. The van der Waals surface area contributed by atoms with Gasteiger partial charge in [-0.25, -0.2) is 0 Å². The predicted molar refractivity (Wildman–Crippen MR) is 160 cm³/mol. The van der Waals surface area contributed by atoms with Gasteiger partial charge in [-0.2, -0.15) is 0 Å². The summed E-state index contributed by atoms with van der Waals surface area (Å²) in [6.45, 7) is 11.0. The summed E-state index contributed by atoms with van der Waals surface area (Å²) in [7, 11) is 3.94. The van der Waals surface area contributed by atoms with Gasteiger partial charge in [-0.1, -0.05) is 66.9 Å². The van der Waals surface area contributed by atoms with E-state index in [1.807, 2.05) is 69.2 Å². The number of fused-ring (bicyclic) bond motifs is 1. The van der Waals surface area contributed by atoms with E-state index in [-0.39, 0.29) is 11.9 Å². The molecule has 5 nitrogen and oxygen atoms in total. The van der Waals surface area contributed by atoms with Crippen LogP contribution in [0.15, 0.2) is 54.2 Å². The number of rotatable bonds is 5. The third-order valence-corrected chi connectivity index (χ3v) is 6.97. The van der Waals surface area contributed by atoms with Crippen molar-refractivity contribution in [3.8, 4) is 5.75 Å². The van der Waals surface area contributed by atoms with Crippen molar-refractivity contribution in [2.24, 2.45) is 5.92 Å². The van der Waals surface area contributed by atoms with Crippen molar-refractivity contribution in [1.29, 1.82) is 0 Å². The van der Waals surface area contributed by atoms with Crippen molar-refractivity contribution in [1.82, 2.24) is 10.3 Å². The highest BCUT2D eigenvalue weighted by Crippen LogP contribution is 2.33. The second-order valence-electron chi connectivity index (χ2n) is 10.1. The number of pyridine rings is 1. The second kappa shape index (κ2) is 13.2. The average Bonchev–Trinajstić information content (AvgIpc) is 2.84. The molecule has 0 bridgehead atoms. The van der Waals surface area contributed by atoms with Gasteiger partial charge in [0.05, 0.1) is 23.9 Å². The number of hydrogen-bond donors (Lipinski definition) is 1. The number of nitrogens with one attached hydrogen (secondary N) is 1. The predicted octanol–water partition coefficient (Wildman–Crippen LogP) is 8.07. The number of nitrogens with zero attached hydrogens (tertiary/aromatic N) is 2. The van der Waals surface area contributed by atoms with Crippen LogP contribution in [-0.2, 0) is 0 Å². The first-order valence-electron chi connectivity index (χ1n) is 12.8. The summed E-state index contributed by atoms with van der Waals surface area (Å²) in [5, 5.41) is 4.59. The number of carbonyl (C=O) groups is 1. The van der Waals surface area contributed by atoms with Gasteiger partial charge in [-0.15, -0.1) is 0 Å². The molecular weight excluding hydrogens is 517 g/mol. The summed E-state index contributed by atoms with van der Waals surface area (Å²) in [6.07, 6.45) is 4.59. The lowest BCUT2D eigenvalue weighted by molar-refractivity contribution is 0.0925. The summed E-state index contributed by atoms with van der Waals surface area (Å²) < 4.78 is 5.72. The number of para-hydroxylation sites is 1. The molecule has 0 fully saturated rings. The number of hydrogen-bond acceptors (Lipinski definition) is 4. The fraction of sp³-hybridized carbons (Fsp3) is 0.355. The number of aryl methyl sites for hydroxylation is 2. The molecule has 2 heterocycles. The van der Waals surface area contributed by atoms with Crippen LogP contribution in [0.2, 0.25) is 10.0 Å². The Hall–Kier alpha value is -3.02. The van der Waals surface area contributed by atoms with Gasteiger partial charge >= 0.3 is 0 Å². The first-order chi connectivity index (χ1) is 18.0. The maximum Gasteiger partial charge on any atom is 0.255 e. The van der Waals surface area contributed by atoms with Gasteiger partial charge < -0.3 is 15.0 Å². The Balaban J connectivity index is 0.000000375. The van der Waals surface area contributed by atoms with Gasteiger partial charge in [0, 0.05) is 53.6 Å². The fourth-order valence-corrected chi connectivity index (χ4v) is 4.88. The van der Waals surface area contributed by atoms with E-state index in [1.165, 1.54) is 5.57 Å². The molecule has 1 atom stereocenters. The first kappa shape index (κ1) is 29.5. The molecule has 0 spiro atoms. The molecule has 0 saturated carbocycles. The van der Waals surface area contributed by atoms with Crippen LogP contribution in [0.3, 0.4) is 0 Å². The van der Waals surface area contributed by atoms with E-state index in [2.05, 4.69) is 37.1 Å². The molecule has 38 heavy (non-hydrogen) atoms. The molecule has 2 aromatic carbocycles. The molecule has 0 saturated heterocycles. The van der Waals surface area contributed by atoms with E-state index in [0.717, 1.165) is 40.2 Å². The Morgan fingerprint density at radius 2 is 1.79 bits per heavy atom. The minimum absolute atomic E-state index is 0.0693. The first-order valence-corrected chi connectivity index (χ1v) is 13.5.